The third kappa shape index (κ3) is 3.03. The van der Waals surface area contributed by atoms with Crippen molar-refractivity contribution in [2.75, 3.05) is 12.9 Å². The number of carbonyl (C=O) groups is 1. The second-order valence-electron chi connectivity index (χ2n) is 2.05. The third-order valence-corrected chi connectivity index (χ3v) is 1.40. The molecule has 0 aromatic rings. The SMILES string of the molecule is CCl.NC(=O)[C@H]1CCCN1. The highest BCUT2D eigenvalue weighted by atomic mass is 35.5. The summed E-state index contributed by atoms with van der Waals surface area (Å²) < 4.78 is 0. The maximum atomic E-state index is 10.4. The number of carbonyl (C=O) groups excluding carboxylic acids is 1. The minimum atomic E-state index is -0.220. The molecule has 4 heteroatoms. The van der Waals surface area contributed by atoms with Gasteiger partial charge in [-0.1, -0.05) is 0 Å². The summed E-state index contributed by atoms with van der Waals surface area (Å²) in [6, 6.07) is -0.0463. The Morgan fingerprint density at radius 2 is 2.30 bits per heavy atom. The fourth-order valence-corrected chi connectivity index (χ4v) is 0.927. The molecule has 1 rings (SSSR count). The molecule has 0 aromatic carbocycles. The zero-order chi connectivity index (χ0) is 7.98. The van der Waals surface area contributed by atoms with Crippen LogP contribution in [0.3, 0.4) is 0 Å². The van der Waals surface area contributed by atoms with Crippen molar-refractivity contribution in [2.45, 2.75) is 18.9 Å². The van der Waals surface area contributed by atoms with E-state index < -0.39 is 0 Å². The summed E-state index contributed by atoms with van der Waals surface area (Å²) in [6.07, 6.45) is 3.46. The first-order valence-corrected chi connectivity index (χ1v) is 3.97. The number of hydrogen-bond donors (Lipinski definition) is 2. The van der Waals surface area contributed by atoms with Gasteiger partial charge in [-0.3, -0.25) is 4.79 Å². The van der Waals surface area contributed by atoms with Gasteiger partial charge in [0.25, 0.3) is 0 Å². The van der Waals surface area contributed by atoms with Crippen molar-refractivity contribution >= 4 is 17.5 Å². The zero-order valence-electron chi connectivity index (χ0n) is 6.06. The fraction of sp³-hybridized carbons (Fsp3) is 0.833. The van der Waals surface area contributed by atoms with E-state index >= 15 is 0 Å². The summed E-state index contributed by atoms with van der Waals surface area (Å²) in [7, 11) is 0. The molecular formula is C6H13ClN2O. The van der Waals surface area contributed by atoms with Crippen LogP contribution in [-0.2, 0) is 4.79 Å². The van der Waals surface area contributed by atoms with Crippen LogP contribution in [-0.4, -0.2) is 24.9 Å². The van der Waals surface area contributed by atoms with Crippen LogP contribution in [0.25, 0.3) is 0 Å². The molecule has 0 radical (unpaired) electrons. The Morgan fingerprint density at radius 1 is 1.70 bits per heavy atom. The van der Waals surface area contributed by atoms with Crippen LogP contribution < -0.4 is 11.1 Å². The number of halogens is 1. The minimum Gasteiger partial charge on any atom is -0.368 e. The normalized spacial score (nSPS) is 23.2. The number of amides is 1. The molecule has 1 atom stereocenters. The number of nitrogens with two attached hydrogens (primary N) is 1. The maximum absolute atomic E-state index is 10.4. The van der Waals surface area contributed by atoms with Gasteiger partial charge in [-0.15, -0.1) is 11.6 Å². The molecule has 0 aliphatic carbocycles. The highest BCUT2D eigenvalue weighted by Gasteiger charge is 2.18. The van der Waals surface area contributed by atoms with E-state index in [1.807, 2.05) is 0 Å². The first kappa shape index (κ1) is 9.72. The van der Waals surface area contributed by atoms with E-state index in [2.05, 4.69) is 16.9 Å². The first-order valence-electron chi connectivity index (χ1n) is 3.21. The van der Waals surface area contributed by atoms with Crippen LogP contribution in [0.2, 0.25) is 0 Å². The molecule has 1 aliphatic rings. The topological polar surface area (TPSA) is 55.1 Å². The number of primary amides is 1. The Balaban J connectivity index is 0.000000371. The van der Waals surface area contributed by atoms with Crippen LogP contribution in [0.15, 0.2) is 0 Å². The summed E-state index contributed by atoms with van der Waals surface area (Å²) in [5, 5.41) is 2.98. The monoisotopic (exact) mass is 164 g/mol. The minimum absolute atomic E-state index is 0.0463. The van der Waals surface area contributed by atoms with Gasteiger partial charge in [-0.2, -0.15) is 0 Å². The standard InChI is InChI=1S/C5H10N2O.CH3Cl/c6-5(8)4-2-1-3-7-4;1-2/h4,7H,1-3H2,(H2,6,8);1H3/t4-;/m1./s1. The van der Waals surface area contributed by atoms with E-state index in [0.29, 0.717) is 0 Å². The predicted octanol–water partition coefficient (Wildman–Crippen LogP) is 0.0787. The second-order valence-corrected chi connectivity index (χ2v) is 2.05. The molecule has 0 spiro atoms. The molecule has 0 unspecified atom stereocenters. The van der Waals surface area contributed by atoms with E-state index in [-0.39, 0.29) is 11.9 Å². The molecule has 1 saturated heterocycles. The van der Waals surface area contributed by atoms with Gasteiger partial charge < -0.3 is 11.1 Å². The molecule has 1 heterocycles. The molecular weight excluding hydrogens is 152 g/mol. The molecule has 3 N–H and O–H groups in total. The molecule has 1 fully saturated rings. The summed E-state index contributed by atoms with van der Waals surface area (Å²) in [6.45, 7) is 0.938. The molecule has 0 bridgehead atoms. The van der Waals surface area contributed by atoms with Crippen molar-refractivity contribution < 1.29 is 4.79 Å². The average Bonchev–Trinajstić information content (AvgIpc) is 2.42. The zero-order valence-corrected chi connectivity index (χ0v) is 6.82. The molecule has 3 nitrogen and oxygen atoms in total. The van der Waals surface area contributed by atoms with E-state index in [4.69, 9.17) is 5.73 Å². The van der Waals surface area contributed by atoms with Gasteiger partial charge in [0.15, 0.2) is 0 Å². The lowest BCUT2D eigenvalue weighted by Crippen LogP contribution is -2.36. The van der Waals surface area contributed by atoms with Crippen LogP contribution in [0.1, 0.15) is 12.8 Å². The lowest BCUT2D eigenvalue weighted by Gasteiger charge is -2.01. The summed E-state index contributed by atoms with van der Waals surface area (Å²) in [5.41, 5.74) is 5.00. The van der Waals surface area contributed by atoms with E-state index in [9.17, 15) is 4.79 Å². The summed E-state index contributed by atoms with van der Waals surface area (Å²) in [5.74, 6) is -0.220. The molecule has 0 aromatic heterocycles. The summed E-state index contributed by atoms with van der Waals surface area (Å²) >= 11 is 4.64. The molecule has 60 valence electrons. The van der Waals surface area contributed by atoms with Crippen molar-refractivity contribution in [3.8, 4) is 0 Å². The van der Waals surface area contributed by atoms with Gasteiger partial charge in [0.1, 0.15) is 0 Å². The van der Waals surface area contributed by atoms with E-state index in [0.717, 1.165) is 19.4 Å². The number of nitrogens with one attached hydrogen (secondary N) is 1. The van der Waals surface area contributed by atoms with Crippen LogP contribution in [0.4, 0.5) is 0 Å². The third-order valence-electron chi connectivity index (χ3n) is 1.40. The smallest absolute Gasteiger partial charge is 0.234 e. The van der Waals surface area contributed by atoms with Crippen molar-refractivity contribution in [3.05, 3.63) is 0 Å². The predicted molar refractivity (Wildman–Crippen MR) is 42.0 cm³/mol. The molecule has 1 aliphatic heterocycles. The fourth-order valence-electron chi connectivity index (χ4n) is 0.927. The lowest BCUT2D eigenvalue weighted by molar-refractivity contribution is -0.119. The Morgan fingerprint density at radius 3 is 2.50 bits per heavy atom. The maximum Gasteiger partial charge on any atom is 0.234 e. The van der Waals surface area contributed by atoms with Gasteiger partial charge in [-0.25, -0.2) is 0 Å². The largest absolute Gasteiger partial charge is 0.368 e. The average molecular weight is 165 g/mol. The van der Waals surface area contributed by atoms with Gasteiger partial charge in [0.05, 0.1) is 6.04 Å². The molecule has 10 heavy (non-hydrogen) atoms. The van der Waals surface area contributed by atoms with Crippen molar-refractivity contribution in [2.24, 2.45) is 5.73 Å². The van der Waals surface area contributed by atoms with Crippen LogP contribution >= 0.6 is 11.6 Å². The number of alkyl halides is 1. The summed E-state index contributed by atoms with van der Waals surface area (Å²) in [4.78, 5) is 10.4. The van der Waals surface area contributed by atoms with Crippen LogP contribution in [0.5, 0.6) is 0 Å². The Bertz CT molecular complexity index is 102. The Hall–Kier alpha value is -0.280. The quantitative estimate of drug-likeness (QED) is 0.540. The van der Waals surface area contributed by atoms with Gasteiger partial charge in [0, 0.05) is 6.38 Å². The van der Waals surface area contributed by atoms with E-state index in [1.165, 1.54) is 6.38 Å². The highest BCUT2D eigenvalue weighted by Crippen LogP contribution is 2.02. The number of rotatable bonds is 1. The molecule has 1 amide bonds. The lowest BCUT2D eigenvalue weighted by atomic mass is 10.2. The van der Waals surface area contributed by atoms with Crippen molar-refractivity contribution in [1.29, 1.82) is 0 Å². The van der Waals surface area contributed by atoms with E-state index in [1.54, 1.807) is 0 Å². The van der Waals surface area contributed by atoms with Gasteiger partial charge in [0.2, 0.25) is 5.91 Å². The number of hydrogen-bond acceptors (Lipinski definition) is 2. The Labute approximate surface area is 65.9 Å². The van der Waals surface area contributed by atoms with Crippen molar-refractivity contribution in [3.63, 3.8) is 0 Å². The second kappa shape index (κ2) is 5.50. The van der Waals surface area contributed by atoms with Crippen molar-refractivity contribution in [1.82, 2.24) is 5.32 Å². The first-order chi connectivity index (χ1) is 4.80. The molecule has 0 saturated carbocycles. The van der Waals surface area contributed by atoms with Gasteiger partial charge >= 0.3 is 0 Å². The van der Waals surface area contributed by atoms with Gasteiger partial charge in [-0.05, 0) is 19.4 Å². The van der Waals surface area contributed by atoms with Crippen LogP contribution in [0, 0.1) is 0 Å². The highest BCUT2D eigenvalue weighted by molar-refractivity contribution is 6.15. The Kier molecular flexibility index (Phi) is 5.35.